The Morgan fingerprint density at radius 1 is 1.39 bits per heavy atom. The zero-order valence-corrected chi connectivity index (χ0v) is 12.4. The van der Waals surface area contributed by atoms with Crippen molar-refractivity contribution in [2.45, 2.75) is 23.7 Å². The normalized spacial score (nSPS) is 12.2. The lowest BCUT2D eigenvalue weighted by atomic mass is 10.3. The third kappa shape index (κ3) is 5.03. The molecule has 0 aromatic carbocycles. The van der Waals surface area contributed by atoms with E-state index in [0.717, 1.165) is 30.7 Å². The molecule has 2 N–H and O–H groups in total. The number of nitrogens with one attached hydrogen (secondary N) is 1. The lowest BCUT2D eigenvalue weighted by Crippen LogP contribution is -2.24. The third-order valence-corrected chi connectivity index (χ3v) is 5.35. The summed E-state index contributed by atoms with van der Waals surface area (Å²) in [7, 11) is 0.578. The zero-order chi connectivity index (χ0) is 13.6. The van der Waals surface area contributed by atoms with Gasteiger partial charge in [0.05, 0.1) is 6.61 Å². The summed E-state index contributed by atoms with van der Waals surface area (Å²) >= 11 is 1.13. The van der Waals surface area contributed by atoms with Gasteiger partial charge >= 0.3 is 0 Å². The summed E-state index contributed by atoms with van der Waals surface area (Å²) < 4.78 is 26.6. The van der Waals surface area contributed by atoms with E-state index in [1.165, 1.54) is 6.07 Å². The van der Waals surface area contributed by atoms with Crippen molar-refractivity contribution in [1.82, 2.24) is 9.62 Å². The molecule has 104 valence electrons. The number of sulfonamides is 1. The Kier molecular flexibility index (Phi) is 6.24. The highest BCUT2D eigenvalue weighted by molar-refractivity contribution is 7.91. The molecule has 0 spiro atoms. The van der Waals surface area contributed by atoms with Crippen LogP contribution in [0.3, 0.4) is 0 Å². The number of aliphatic hydroxyl groups excluding tert-OH is 1. The van der Waals surface area contributed by atoms with Crippen molar-refractivity contribution >= 4 is 21.4 Å². The van der Waals surface area contributed by atoms with E-state index < -0.39 is 10.0 Å². The minimum Gasteiger partial charge on any atom is -0.392 e. The van der Waals surface area contributed by atoms with E-state index >= 15 is 0 Å². The summed E-state index contributed by atoms with van der Waals surface area (Å²) in [4.78, 5) is 2.07. The number of nitrogens with zero attached hydrogens (tertiary/aromatic N) is 1. The number of thiophene rings is 1. The van der Waals surface area contributed by atoms with E-state index in [-0.39, 0.29) is 10.8 Å². The van der Waals surface area contributed by atoms with E-state index in [1.54, 1.807) is 5.38 Å². The molecule has 0 bridgehead atoms. The van der Waals surface area contributed by atoms with Crippen LogP contribution in [-0.4, -0.2) is 45.6 Å². The first-order chi connectivity index (χ1) is 8.45. The lowest BCUT2D eigenvalue weighted by molar-refractivity contribution is 0.282. The predicted octanol–water partition coefficient (Wildman–Crippen LogP) is 0.860. The second kappa shape index (κ2) is 7.20. The van der Waals surface area contributed by atoms with E-state index in [1.807, 2.05) is 14.1 Å². The third-order valence-electron chi connectivity index (χ3n) is 2.40. The second-order valence-electron chi connectivity index (χ2n) is 4.34. The Morgan fingerprint density at radius 2 is 2.11 bits per heavy atom. The van der Waals surface area contributed by atoms with Crippen molar-refractivity contribution in [3.05, 3.63) is 17.0 Å². The van der Waals surface area contributed by atoms with Crippen LogP contribution in [0.1, 0.15) is 18.4 Å². The maximum atomic E-state index is 11.9. The van der Waals surface area contributed by atoms with Gasteiger partial charge in [0, 0.05) is 6.54 Å². The molecule has 0 aliphatic rings. The Labute approximate surface area is 112 Å². The van der Waals surface area contributed by atoms with Crippen molar-refractivity contribution in [2.75, 3.05) is 27.2 Å². The van der Waals surface area contributed by atoms with Gasteiger partial charge in [-0.25, -0.2) is 13.1 Å². The fourth-order valence-electron chi connectivity index (χ4n) is 1.41. The summed E-state index contributed by atoms with van der Waals surface area (Å²) in [5, 5.41) is 10.6. The van der Waals surface area contributed by atoms with E-state index in [9.17, 15) is 8.42 Å². The van der Waals surface area contributed by atoms with Crippen LogP contribution < -0.4 is 4.72 Å². The van der Waals surface area contributed by atoms with Crippen LogP contribution in [-0.2, 0) is 16.6 Å². The number of unbranched alkanes of at least 4 members (excludes halogenated alkanes) is 1. The maximum Gasteiger partial charge on any atom is 0.250 e. The molecule has 0 radical (unpaired) electrons. The van der Waals surface area contributed by atoms with Crippen LogP contribution in [0.2, 0.25) is 0 Å². The first kappa shape index (κ1) is 15.6. The topological polar surface area (TPSA) is 69.6 Å². The summed E-state index contributed by atoms with van der Waals surface area (Å²) in [5.74, 6) is 0. The zero-order valence-electron chi connectivity index (χ0n) is 10.7. The van der Waals surface area contributed by atoms with Gasteiger partial charge in [-0.05, 0) is 50.5 Å². The van der Waals surface area contributed by atoms with Gasteiger partial charge in [0.25, 0.3) is 0 Å². The van der Waals surface area contributed by atoms with Crippen molar-refractivity contribution in [3.63, 3.8) is 0 Å². The maximum absolute atomic E-state index is 11.9. The second-order valence-corrected chi connectivity index (χ2v) is 7.25. The van der Waals surface area contributed by atoms with Gasteiger partial charge in [-0.1, -0.05) is 0 Å². The molecule has 0 aliphatic heterocycles. The number of rotatable bonds is 8. The minimum atomic E-state index is -3.41. The van der Waals surface area contributed by atoms with E-state index in [2.05, 4.69) is 9.62 Å². The van der Waals surface area contributed by atoms with Crippen molar-refractivity contribution in [2.24, 2.45) is 0 Å². The Balaban J connectivity index is 2.40. The van der Waals surface area contributed by atoms with Crippen LogP contribution in [0.5, 0.6) is 0 Å². The Bertz CT molecular complexity index is 455. The number of hydrogen-bond donors (Lipinski definition) is 2. The molecule has 0 fully saturated rings. The molecule has 18 heavy (non-hydrogen) atoms. The average Bonchev–Trinajstić information content (AvgIpc) is 2.77. The molecular formula is C11H20N2O3S2. The molecule has 1 aromatic rings. The molecule has 0 atom stereocenters. The molecule has 0 unspecified atom stereocenters. The Hall–Kier alpha value is -0.470. The Morgan fingerprint density at radius 3 is 2.67 bits per heavy atom. The predicted molar refractivity (Wildman–Crippen MR) is 73.2 cm³/mol. The fraction of sp³-hybridized carbons (Fsp3) is 0.636. The highest BCUT2D eigenvalue weighted by Gasteiger charge is 2.15. The molecule has 0 aliphatic carbocycles. The van der Waals surface area contributed by atoms with E-state index in [4.69, 9.17) is 5.11 Å². The van der Waals surface area contributed by atoms with Gasteiger partial charge < -0.3 is 10.0 Å². The van der Waals surface area contributed by atoms with Crippen LogP contribution in [0.25, 0.3) is 0 Å². The number of hydrogen-bond acceptors (Lipinski definition) is 5. The quantitative estimate of drug-likeness (QED) is 0.697. The molecule has 1 rings (SSSR count). The lowest BCUT2D eigenvalue weighted by Gasteiger charge is -2.09. The van der Waals surface area contributed by atoms with E-state index in [0.29, 0.717) is 12.1 Å². The largest absolute Gasteiger partial charge is 0.392 e. The molecular weight excluding hydrogens is 272 g/mol. The van der Waals surface area contributed by atoms with Crippen LogP contribution >= 0.6 is 11.3 Å². The van der Waals surface area contributed by atoms with Crippen molar-refractivity contribution < 1.29 is 13.5 Å². The minimum absolute atomic E-state index is 0.130. The van der Waals surface area contributed by atoms with Gasteiger partial charge in [-0.3, -0.25) is 0 Å². The molecule has 0 saturated heterocycles. The molecule has 5 nitrogen and oxygen atoms in total. The summed E-state index contributed by atoms with van der Waals surface area (Å²) in [6.07, 6.45) is 1.78. The van der Waals surface area contributed by atoms with Gasteiger partial charge in [0.2, 0.25) is 10.0 Å². The van der Waals surface area contributed by atoms with Crippen LogP contribution in [0.4, 0.5) is 0 Å². The van der Waals surface area contributed by atoms with Gasteiger partial charge in [-0.15, -0.1) is 11.3 Å². The highest BCUT2D eigenvalue weighted by atomic mass is 32.2. The van der Waals surface area contributed by atoms with Crippen LogP contribution in [0, 0.1) is 0 Å². The molecule has 0 saturated carbocycles. The fourth-order valence-corrected chi connectivity index (χ4v) is 3.73. The first-order valence-corrected chi connectivity index (χ1v) is 8.14. The number of aliphatic hydroxyl groups is 1. The average molecular weight is 292 g/mol. The summed E-state index contributed by atoms with van der Waals surface area (Å²) in [6, 6.07) is 1.51. The van der Waals surface area contributed by atoms with Crippen molar-refractivity contribution in [3.8, 4) is 0 Å². The smallest absolute Gasteiger partial charge is 0.250 e. The van der Waals surface area contributed by atoms with Crippen molar-refractivity contribution in [1.29, 1.82) is 0 Å². The first-order valence-electron chi connectivity index (χ1n) is 5.78. The molecule has 1 heterocycles. The highest BCUT2D eigenvalue weighted by Crippen LogP contribution is 2.19. The summed E-state index contributed by atoms with van der Waals surface area (Å²) in [5.41, 5.74) is 0.632. The van der Waals surface area contributed by atoms with Gasteiger partial charge in [0.15, 0.2) is 0 Å². The molecule has 7 heteroatoms. The van der Waals surface area contributed by atoms with Crippen LogP contribution in [0.15, 0.2) is 15.7 Å². The summed E-state index contributed by atoms with van der Waals surface area (Å²) in [6.45, 7) is 1.27. The molecule has 1 aromatic heterocycles. The van der Waals surface area contributed by atoms with Gasteiger partial charge in [0.1, 0.15) is 4.21 Å². The SMILES string of the molecule is CN(C)CCCCNS(=O)(=O)c1cc(CO)cs1. The van der Waals surface area contributed by atoms with Gasteiger partial charge in [-0.2, -0.15) is 0 Å². The monoisotopic (exact) mass is 292 g/mol. The molecule has 0 amide bonds. The standard InChI is InChI=1S/C11H20N2O3S2/c1-13(2)6-4-3-5-12-18(15,16)11-7-10(8-14)9-17-11/h7,9,12,14H,3-6,8H2,1-2H3.